The average molecular weight is 335 g/mol. The molecule has 0 unspecified atom stereocenters. The van der Waals surface area contributed by atoms with Crippen LogP contribution in [-0.2, 0) is 0 Å². The molecule has 0 atom stereocenters. The van der Waals surface area contributed by atoms with Crippen molar-refractivity contribution in [2.45, 2.75) is 78.1 Å². The molecule has 4 nitrogen and oxygen atoms in total. The Morgan fingerprint density at radius 3 is 2.08 bits per heavy atom. The number of nitrogens with zero attached hydrogens (tertiary/aromatic N) is 1. The van der Waals surface area contributed by atoms with E-state index in [1.54, 1.807) is 25.1 Å². The molecule has 0 aliphatic carbocycles. The van der Waals surface area contributed by atoms with Crippen molar-refractivity contribution in [2.75, 3.05) is 6.61 Å². The Balaban J connectivity index is 2.08. The van der Waals surface area contributed by atoms with Gasteiger partial charge in [0.25, 0.3) is 0 Å². The van der Waals surface area contributed by atoms with Crippen LogP contribution < -0.4 is 4.74 Å². The first-order valence-corrected chi connectivity index (χ1v) is 9.34. The lowest BCUT2D eigenvalue weighted by Gasteiger charge is -2.09. The van der Waals surface area contributed by atoms with Crippen LogP contribution in [0.5, 0.6) is 11.5 Å². The van der Waals surface area contributed by atoms with Gasteiger partial charge in [-0.05, 0) is 25.5 Å². The Morgan fingerprint density at radius 1 is 0.958 bits per heavy atom. The number of ether oxygens (including phenoxy) is 1. The Bertz CT molecular complexity index is 486. The van der Waals surface area contributed by atoms with Gasteiger partial charge in [-0.15, -0.1) is 0 Å². The molecule has 0 saturated heterocycles. The van der Waals surface area contributed by atoms with E-state index in [0.29, 0.717) is 23.6 Å². The van der Waals surface area contributed by atoms with Crippen LogP contribution in [0.4, 0.5) is 0 Å². The molecule has 0 radical (unpaired) electrons. The van der Waals surface area contributed by atoms with Gasteiger partial charge in [0.1, 0.15) is 11.5 Å². The molecule has 2 N–H and O–H groups in total. The molecular formula is C20H33NO3. The van der Waals surface area contributed by atoms with E-state index in [9.17, 15) is 5.11 Å². The molecule has 0 aliphatic rings. The summed E-state index contributed by atoms with van der Waals surface area (Å²) in [5, 5.41) is 21.7. The lowest BCUT2D eigenvalue weighted by atomic mass is 10.1. The molecule has 4 heteroatoms. The van der Waals surface area contributed by atoms with E-state index in [-0.39, 0.29) is 5.75 Å². The number of hydrogen-bond donors (Lipinski definition) is 2. The molecule has 0 heterocycles. The molecule has 0 bridgehead atoms. The highest BCUT2D eigenvalue weighted by Gasteiger charge is 2.06. The van der Waals surface area contributed by atoms with E-state index in [0.717, 1.165) is 6.42 Å². The van der Waals surface area contributed by atoms with Gasteiger partial charge >= 0.3 is 0 Å². The topological polar surface area (TPSA) is 62.0 Å². The number of phenols is 1. The fraction of sp³-hybridized carbons (Fsp3) is 0.650. The first-order valence-electron chi connectivity index (χ1n) is 9.34. The van der Waals surface area contributed by atoms with E-state index in [1.165, 1.54) is 57.8 Å². The second-order valence-corrected chi connectivity index (χ2v) is 6.39. The highest BCUT2D eigenvalue weighted by Crippen LogP contribution is 2.24. The van der Waals surface area contributed by atoms with Crippen molar-refractivity contribution in [1.82, 2.24) is 0 Å². The van der Waals surface area contributed by atoms with Gasteiger partial charge in [0, 0.05) is 11.6 Å². The summed E-state index contributed by atoms with van der Waals surface area (Å²) >= 11 is 0. The second kappa shape index (κ2) is 12.7. The molecule has 0 spiro atoms. The monoisotopic (exact) mass is 335 g/mol. The van der Waals surface area contributed by atoms with Gasteiger partial charge in [-0.25, -0.2) is 0 Å². The third-order valence-corrected chi connectivity index (χ3v) is 4.28. The van der Waals surface area contributed by atoms with Gasteiger partial charge in [-0.2, -0.15) is 0 Å². The summed E-state index contributed by atoms with van der Waals surface area (Å²) in [6, 6.07) is 5.07. The Hall–Kier alpha value is -1.71. The standard InChI is InChI=1S/C20H33NO3/c1-3-4-5-6-7-8-9-10-11-12-15-24-18-13-14-19(17(2)21-23)20(22)16-18/h13-14,16,22-23H,3-12,15H2,1-2H3/b21-17+. The van der Waals surface area contributed by atoms with Gasteiger partial charge in [0.05, 0.1) is 12.3 Å². The minimum absolute atomic E-state index is 0.0749. The van der Waals surface area contributed by atoms with E-state index >= 15 is 0 Å². The fourth-order valence-corrected chi connectivity index (χ4v) is 2.74. The summed E-state index contributed by atoms with van der Waals surface area (Å²) in [5.74, 6) is 0.726. The zero-order chi connectivity index (χ0) is 17.6. The second-order valence-electron chi connectivity index (χ2n) is 6.39. The van der Waals surface area contributed by atoms with Crippen LogP contribution in [0.25, 0.3) is 0 Å². The van der Waals surface area contributed by atoms with Crippen LogP contribution in [0.2, 0.25) is 0 Å². The van der Waals surface area contributed by atoms with Crippen LogP contribution in [0.15, 0.2) is 23.4 Å². The van der Waals surface area contributed by atoms with E-state index in [4.69, 9.17) is 9.94 Å². The summed E-state index contributed by atoms with van der Waals surface area (Å²) in [6.07, 6.45) is 13.0. The van der Waals surface area contributed by atoms with Crippen molar-refractivity contribution in [3.05, 3.63) is 23.8 Å². The van der Waals surface area contributed by atoms with Crippen molar-refractivity contribution in [3.63, 3.8) is 0 Å². The van der Waals surface area contributed by atoms with Gasteiger partial charge in [-0.1, -0.05) is 69.9 Å². The minimum Gasteiger partial charge on any atom is -0.507 e. The Morgan fingerprint density at radius 2 is 1.54 bits per heavy atom. The smallest absolute Gasteiger partial charge is 0.128 e. The van der Waals surface area contributed by atoms with Crippen LogP contribution in [0.3, 0.4) is 0 Å². The van der Waals surface area contributed by atoms with Crippen molar-refractivity contribution in [1.29, 1.82) is 0 Å². The molecule has 24 heavy (non-hydrogen) atoms. The molecule has 1 rings (SSSR count). The molecule has 0 fully saturated rings. The van der Waals surface area contributed by atoms with Crippen LogP contribution >= 0.6 is 0 Å². The third-order valence-electron chi connectivity index (χ3n) is 4.28. The van der Waals surface area contributed by atoms with Gasteiger partial charge in [0.15, 0.2) is 0 Å². The molecule has 0 aliphatic heterocycles. The minimum atomic E-state index is 0.0749. The predicted octanol–water partition coefficient (Wildman–Crippen LogP) is 5.89. The summed E-state index contributed by atoms with van der Waals surface area (Å²) in [4.78, 5) is 0. The lowest BCUT2D eigenvalue weighted by Crippen LogP contribution is -1.99. The van der Waals surface area contributed by atoms with Crippen LogP contribution in [0.1, 0.15) is 83.6 Å². The van der Waals surface area contributed by atoms with Gasteiger partial charge in [-0.3, -0.25) is 0 Å². The van der Waals surface area contributed by atoms with Crippen LogP contribution in [0, 0.1) is 0 Å². The molecule has 136 valence electrons. The summed E-state index contributed by atoms with van der Waals surface area (Å²) in [5.41, 5.74) is 0.900. The summed E-state index contributed by atoms with van der Waals surface area (Å²) < 4.78 is 5.66. The molecular weight excluding hydrogens is 302 g/mol. The number of unbranched alkanes of at least 4 members (excludes halogenated alkanes) is 9. The molecule has 0 saturated carbocycles. The van der Waals surface area contributed by atoms with Crippen molar-refractivity contribution < 1.29 is 15.1 Å². The number of benzene rings is 1. The Labute approximate surface area is 146 Å². The summed E-state index contributed by atoms with van der Waals surface area (Å²) in [6.45, 7) is 4.56. The zero-order valence-electron chi connectivity index (χ0n) is 15.3. The van der Waals surface area contributed by atoms with Crippen molar-refractivity contribution >= 4 is 5.71 Å². The maximum absolute atomic E-state index is 9.90. The maximum Gasteiger partial charge on any atom is 0.128 e. The fourth-order valence-electron chi connectivity index (χ4n) is 2.74. The quantitative estimate of drug-likeness (QED) is 0.204. The number of hydrogen-bond acceptors (Lipinski definition) is 4. The van der Waals surface area contributed by atoms with E-state index < -0.39 is 0 Å². The van der Waals surface area contributed by atoms with Crippen LogP contribution in [-0.4, -0.2) is 22.6 Å². The third kappa shape index (κ3) is 8.23. The zero-order valence-corrected chi connectivity index (χ0v) is 15.3. The number of phenolic OH excluding ortho intramolecular Hbond substituents is 1. The van der Waals surface area contributed by atoms with Crippen molar-refractivity contribution in [3.8, 4) is 11.5 Å². The largest absolute Gasteiger partial charge is 0.507 e. The van der Waals surface area contributed by atoms with E-state index in [2.05, 4.69) is 12.1 Å². The lowest BCUT2D eigenvalue weighted by molar-refractivity contribution is 0.302. The van der Waals surface area contributed by atoms with Gasteiger partial charge in [0.2, 0.25) is 0 Å². The highest BCUT2D eigenvalue weighted by atomic mass is 16.5. The SMILES string of the molecule is CCCCCCCCCCCCOc1ccc(/C(C)=N/O)c(O)c1. The molecule has 1 aromatic carbocycles. The number of rotatable bonds is 13. The molecule has 0 aromatic heterocycles. The van der Waals surface area contributed by atoms with Crippen molar-refractivity contribution in [2.24, 2.45) is 5.16 Å². The first kappa shape index (κ1) is 20.3. The molecule has 1 aromatic rings. The Kier molecular flexibility index (Phi) is 10.7. The summed E-state index contributed by atoms with van der Waals surface area (Å²) in [7, 11) is 0. The first-order chi connectivity index (χ1) is 11.7. The number of oxime groups is 1. The van der Waals surface area contributed by atoms with E-state index in [1.807, 2.05) is 0 Å². The number of aromatic hydroxyl groups is 1. The molecule has 0 amide bonds. The average Bonchev–Trinajstić information content (AvgIpc) is 2.59. The maximum atomic E-state index is 9.90. The predicted molar refractivity (Wildman–Crippen MR) is 99.4 cm³/mol. The highest BCUT2D eigenvalue weighted by molar-refractivity contribution is 6.00. The normalized spacial score (nSPS) is 11.7. The van der Waals surface area contributed by atoms with Gasteiger partial charge < -0.3 is 15.1 Å².